The molecular weight excluding hydrogens is 570 g/mol. The highest BCUT2D eigenvalue weighted by molar-refractivity contribution is 6.09. The van der Waals surface area contributed by atoms with Crippen LogP contribution in [0.25, 0.3) is 0 Å². The first-order valence-corrected chi connectivity index (χ1v) is 14.0. The smallest absolute Gasteiger partial charge is 0.436 e. The molecule has 0 unspecified atom stereocenters. The van der Waals surface area contributed by atoms with Gasteiger partial charge in [-0.3, -0.25) is 16.0 Å². The summed E-state index contributed by atoms with van der Waals surface area (Å²) >= 11 is 0. The zero-order chi connectivity index (χ0) is 33.1. The number of carbonyl (C=O) groups excluding carboxylic acids is 3. The molecule has 2 aromatic rings. The van der Waals surface area contributed by atoms with Crippen molar-refractivity contribution in [2.75, 3.05) is 13.2 Å². The summed E-state index contributed by atoms with van der Waals surface area (Å²) in [5.41, 5.74) is -1.49. The maximum Gasteiger partial charge on any atom is 0.436 e. The summed E-state index contributed by atoms with van der Waals surface area (Å²) < 4.78 is 27.1. The van der Waals surface area contributed by atoms with Gasteiger partial charge in [0, 0.05) is 12.0 Å². The molecular formula is C31H43N5O8. The van der Waals surface area contributed by atoms with E-state index in [0.717, 1.165) is 0 Å². The van der Waals surface area contributed by atoms with Crippen LogP contribution in [0, 0.1) is 5.41 Å². The molecule has 0 aliphatic heterocycles. The molecule has 0 saturated heterocycles. The molecule has 0 atom stereocenters. The second-order valence-electron chi connectivity index (χ2n) is 12.5. The Morgan fingerprint density at radius 1 is 0.727 bits per heavy atom. The Labute approximate surface area is 258 Å². The zero-order valence-corrected chi connectivity index (χ0v) is 26.8. The first-order chi connectivity index (χ1) is 20.3. The number of nitrogens with zero attached hydrogens (tertiary/aromatic N) is 2. The van der Waals surface area contributed by atoms with Crippen LogP contribution >= 0.6 is 0 Å². The molecule has 44 heavy (non-hydrogen) atoms. The third-order valence-electron chi connectivity index (χ3n) is 4.79. The lowest BCUT2D eigenvalue weighted by Gasteiger charge is -2.20. The Bertz CT molecular complexity index is 1320. The third kappa shape index (κ3) is 14.5. The quantitative estimate of drug-likeness (QED) is 0.140. The minimum Gasteiger partial charge on any atom is -0.493 e. The number of amides is 3. The monoisotopic (exact) mass is 613 g/mol. The molecule has 0 spiro atoms. The second kappa shape index (κ2) is 15.2. The van der Waals surface area contributed by atoms with E-state index in [1.54, 1.807) is 98.7 Å². The minimum atomic E-state index is -0.893. The molecule has 0 fully saturated rings. The van der Waals surface area contributed by atoms with Gasteiger partial charge in [-0.1, -0.05) is 0 Å². The summed E-state index contributed by atoms with van der Waals surface area (Å²) in [6.07, 6.45) is -0.385. The largest absolute Gasteiger partial charge is 0.493 e. The molecule has 2 rings (SSSR count). The average molecular weight is 614 g/mol. The number of ether oxygens (including phenoxy) is 5. The summed E-state index contributed by atoms with van der Waals surface area (Å²) in [6, 6.07) is 9.90. The molecule has 1 heterocycles. The van der Waals surface area contributed by atoms with Gasteiger partial charge < -0.3 is 23.7 Å². The highest BCUT2D eigenvalue weighted by Crippen LogP contribution is 2.15. The van der Waals surface area contributed by atoms with Crippen LogP contribution in [0.1, 0.15) is 80.0 Å². The van der Waals surface area contributed by atoms with E-state index in [2.05, 4.69) is 20.6 Å². The predicted molar refractivity (Wildman–Crippen MR) is 165 cm³/mol. The van der Waals surface area contributed by atoms with E-state index in [0.29, 0.717) is 36.7 Å². The number of alkyl carbamates (subject to hydrolysis) is 2. The molecule has 1 aromatic carbocycles. The zero-order valence-electron chi connectivity index (χ0n) is 26.8. The number of carbonyl (C=O) groups is 3. The Balaban J connectivity index is 1.89. The molecule has 0 radical (unpaired) electrons. The Morgan fingerprint density at radius 2 is 1.23 bits per heavy atom. The number of amidine groups is 2. The third-order valence-corrected chi connectivity index (χ3v) is 4.79. The number of aromatic nitrogens is 1. The summed E-state index contributed by atoms with van der Waals surface area (Å²) in [5, 5.41) is 12.9. The highest BCUT2D eigenvalue weighted by atomic mass is 16.6. The Kier molecular flexibility index (Phi) is 12.2. The van der Waals surface area contributed by atoms with Crippen LogP contribution in [0.5, 0.6) is 11.5 Å². The highest BCUT2D eigenvalue weighted by Gasteiger charge is 2.22. The summed E-state index contributed by atoms with van der Waals surface area (Å²) in [5.74, 6) is 0.847. The van der Waals surface area contributed by atoms with Crippen molar-refractivity contribution in [2.24, 2.45) is 4.99 Å². The summed E-state index contributed by atoms with van der Waals surface area (Å²) in [7, 11) is 0. The van der Waals surface area contributed by atoms with Crippen LogP contribution in [0.3, 0.4) is 0 Å². The molecule has 240 valence electrons. The maximum absolute atomic E-state index is 12.3. The number of pyridine rings is 1. The van der Waals surface area contributed by atoms with E-state index >= 15 is 0 Å². The van der Waals surface area contributed by atoms with Crippen LogP contribution < -0.4 is 20.1 Å². The van der Waals surface area contributed by atoms with Gasteiger partial charge in [0.25, 0.3) is 0 Å². The van der Waals surface area contributed by atoms with Gasteiger partial charge in [0.05, 0.1) is 19.4 Å². The molecule has 1 aromatic heterocycles. The van der Waals surface area contributed by atoms with Crippen molar-refractivity contribution < 1.29 is 38.1 Å². The fourth-order valence-corrected chi connectivity index (χ4v) is 3.17. The Hall–Kier alpha value is -4.68. The first kappa shape index (κ1) is 35.5. The Morgan fingerprint density at radius 3 is 1.73 bits per heavy atom. The van der Waals surface area contributed by atoms with Gasteiger partial charge >= 0.3 is 18.3 Å². The van der Waals surface area contributed by atoms with E-state index in [-0.39, 0.29) is 17.4 Å². The van der Waals surface area contributed by atoms with Crippen LogP contribution in [0.2, 0.25) is 0 Å². The van der Waals surface area contributed by atoms with E-state index in [4.69, 9.17) is 29.1 Å². The SMILES string of the molecule is CC(C)(C)OC(=O)N=C(NC(=O)OC(C)(C)C)c1ccc(OCCCOc2ccc(C(=N)NC(=O)OC(C)(C)C)cc2)cn1. The molecule has 13 nitrogen and oxygen atoms in total. The molecule has 0 aliphatic carbocycles. The van der Waals surface area contributed by atoms with Gasteiger partial charge in [0.2, 0.25) is 0 Å². The van der Waals surface area contributed by atoms with Crippen molar-refractivity contribution >= 4 is 30.0 Å². The number of hydrogen-bond acceptors (Lipinski definition) is 10. The van der Waals surface area contributed by atoms with Crippen LogP contribution in [0.4, 0.5) is 14.4 Å². The molecule has 0 aliphatic rings. The van der Waals surface area contributed by atoms with Gasteiger partial charge in [0.1, 0.15) is 39.8 Å². The van der Waals surface area contributed by atoms with Gasteiger partial charge in [-0.15, -0.1) is 0 Å². The van der Waals surface area contributed by atoms with Crippen molar-refractivity contribution in [3.05, 3.63) is 53.9 Å². The van der Waals surface area contributed by atoms with Gasteiger partial charge in [-0.25, -0.2) is 19.4 Å². The van der Waals surface area contributed by atoms with Gasteiger partial charge in [-0.05, 0) is 98.7 Å². The molecule has 0 bridgehead atoms. The predicted octanol–water partition coefficient (Wildman–Crippen LogP) is 5.99. The van der Waals surface area contributed by atoms with Crippen molar-refractivity contribution in [1.82, 2.24) is 15.6 Å². The van der Waals surface area contributed by atoms with Crippen molar-refractivity contribution in [3.63, 3.8) is 0 Å². The molecule has 13 heteroatoms. The number of aliphatic imine (C=N–C) groups is 1. The lowest BCUT2D eigenvalue weighted by molar-refractivity contribution is 0.0548. The van der Waals surface area contributed by atoms with Crippen molar-refractivity contribution in [1.29, 1.82) is 5.41 Å². The maximum atomic E-state index is 12.3. The van der Waals surface area contributed by atoms with Crippen LogP contribution in [-0.2, 0) is 14.2 Å². The van der Waals surface area contributed by atoms with Gasteiger partial charge in [-0.2, -0.15) is 4.99 Å². The lowest BCUT2D eigenvalue weighted by atomic mass is 10.2. The van der Waals surface area contributed by atoms with Crippen molar-refractivity contribution in [2.45, 2.75) is 85.5 Å². The van der Waals surface area contributed by atoms with E-state index in [9.17, 15) is 14.4 Å². The lowest BCUT2D eigenvalue weighted by Crippen LogP contribution is -2.38. The number of nitrogens with one attached hydrogen (secondary N) is 3. The second-order valence-corrected chi connectivity index (χ2v) is 12.5. The van der Waals surface area contributed by atoms with Crippen molar-refractivity contribution in [3.8, 4) is 11.5 Å². The fourth-order valence-electron chi connectivity index (χ4n) is 3.17. The van der Waals surface area contributed by atoms with E-state index in [1.165, 1.54) is 6.20 Å². The fraction of sp³-hybridized carbons (Fsp3) is 0.484. The summed E-state index contributed by atoms with van der Waals surface area (Å²) in [6.45, 7) is 16.2. The van der Waals surface area contributed by atoms with E-state index < -0.39 is 35.1 Å². The summed E-state index contributed by atoms with van der Waals surface area (Å²) in [4.78, 5) is 44.7. The number of rotatable bonds is 8. The first-order valence-electron chi connectivity index (χ1n) is 14.0. The number of hydrogen-bond donors (Lipinski definition) is 3. The molecule has 0 saturated carbocycles. The van der Waals surface area contributed by atoms with Crippen LogP contribution in [0.15, 0.2) is 47.6 Å². The minimum absolute atomic E-state index is 0.0809. The standard InChI is InChI=1S/C31H43N5O8/c1-29(2,3)42-26(37)34-24(32)20-11-13-21(14-12-20)40-17-10-18-41-22-15-16-23(33-19-22)25(35-27(38)43-30(4,5)6)36-28(39)44-31(7,8)9/h11-16,19H,10,17-18H2,1-9H3,(H2,32,34,37)(H,35,36,38,39). The number of benzene rings is 1. The topological polar surface area (TPSA) is 171 Å². The average Bonchev–Trinajstić information content (AvgIpc) is 2.85. The van der Waals surface area contributed by atoms with E-state index in [1.807, 2.05) is 0 Å². The van der Waals surface area contributed by atoms with Gasteiger partial charge in [0.15, 0.2) is 5.84 Å². The molecule has 3 N–H and O–H groups in total. The molecule has 3 amide bonds. The van der Waals surface area contributed by atoms with Crippen LogP contribution in [-0.4, -0.2) is 65.0 Å². The normalized spacial score (nSPS) is 12.1.